The van der Waals surface area contributed by atoms with Crippen LogP contribution in [-0.4, -0.2) is 30.1 Å². The standard InChI is InChI=1S/C44H34N4O2/c49-41-37-27-35-24-22-33(46-35)25-32-21-23-34(45-32)26-36-39(29-15-7-2-8-16-29)44(30-17-9-3-10-18-30,31-19-11-4-12-20-31)43(48-36)38(40(47-37)42(41)50)28-13-5-1-6-14-28/h1-21,23,25-27,39,45,47,49-50H,22,24H2. The lowest BCUT2D eigenvalue weighted by Crippen LogP contribution is -2.34. The fourth-order valence-corrected chi connectivity index (χ4v) is 7.90. The molecule has 4 aromatic carbocycles. The molecule has 4 N–H and O–H groups in total. The first-order valence-electron chi connectivity index (χ1n) is 17.0. The van der Waals surface area contributed by atoms with E-state index in [-0.39, 0.29) is 17.4 Å². The van der Waals surface area contributed by atoms with Gasteiger partial charge in [-0.3, -0.25) is 9.97 Å². The molecule has 3 aromatic heterocycles. The summed E-state index contributed by atoms with van der Waals surface area (Å²) in [6.07, 6.45) is 1.51. The van der Waals surface area contributed by atoms with E-state index in [2.05, 4.69) is 107 Å². The number of aromatic nitrogens is 4. The van der Waals surface area contributed by atoms with E-state index in [1.54, 1.807) is 0 Å². The molecule has 1 atom stereocenters. The second-order valence-electron chi connectivity index (χ2n) is 13.0. The maximum absolute atomic E-state index is 11.9. The van der Waals surface area contributed by atoms with Crippen LogP contribution in [0.1, 0.15) is 45.4 Å². The lowest BCUT2D eigenvalue weighted by molar-refractivity contribution is 0.414. The summed E-state index contributed by atoms with van der Waals surface area (Å²) in [4.78, 5) is 17.6. The van der Waals surface area contributed by atoms with Gasteiger partial charge in [0.25, 0.3) is 0 Å². The zero-order valence-corrected chi connectivity index (χ0v) is 27.2. The first-order valence-corrected chi connectivity index (χ1v) is 17.0. The fourth-order valence-electron chi connectivity index (χ4n) is 7.90. The van der Waals surface area contributed by atoms with E-state index in [0.29, 0.717) is 16.6 Å². The van der Waals surface area contributed by atoms with Crippen LogP contribution in [0.15, 0.2) is 152 Å². The van der Waals surface area contributed by atoms with Crippen molar-refractivity contribution in [2.24, 2.45) is 0 Å². The van der Waals surface area contributed by atoms with Gasteiger partial charge in [0.15, 0.2) is 11.5 Å². The highest BCUT2D eigenvalue weighted by Gasteiger charge is 2.52. The first kappa shape index (κ1) is 29.7. The molecule has 8 bridgehead atoms. The monoisotopic (exact) mass is 650 g/mol. The molecule has 0 saturated carbocycles. The van der Waals surface area contributed by atoms with Gasteiger partial charge in [0.1, 0.15) is 0 Å². The van der Waals surface area contributed by atoms with Crippen molar-refractivity contribution in [2.75, 3.05) is 0 Å². The highest BCUT2D eigenvalue weighted by molar-refractivity contribution is 5.93. The number of aromatic amines is 2. The van der Waals surface area contributed by atoms with Crippen LogP contribution in [-0.2, 0) is 18.3 Å². The Kier molecular flexibility index (Phi) is 7.09. The van der Waals surface area contributed by atoms with Crippen LogP contribution in [0.3, 0.4) is 0 Å². The van der Waals surface area contributed by atoms with E-state index in [1.165, 1.54) is 0 Å². The van der Waals surface area contributed by atoms with Gasteiger partial charge < -0.3 is 20.2 Å². The van der Waals surface area contributed by atoms with E-state index in [0.717, 1.165) is 68.9 Å². The number of hydrogen-bond donors (Lipinski definition) is 4. The molecule has 1 unspecified atom stereocenters. The molecule has 242 valence electrons. The van der Waals surface area contributed by atoms with Crippen molar-refractivity contribution < 1.29 is 10.2 Å². The number of benzene rings is 4. The predicted molar refractivity (Wildman–Crippen MR) is 198 cm³/mol. The highest BCUT2D eigenvalue weighted by Crippen LogP contribution is 2.57. The summed E-state index contributed by atoms with van der Waals surface area (Å²) >= 11 is 0. The Morgan fingerprint density at radius 2 is 1.12 bits per heavy atom. The molecule has 0 amide bonds. The van der Waals surface area contributed by atoms with Crippen molar-refractivity contribution in [2.45, 2.75) is 24.2 Å². The second kappa shape index (κ2) is 11.9. The maximum Gasteiger partial charge on any atom is 0.184 e. The van der Waals surface area contributed by atoms with Crippen molar-refractivity contribution in [1.82, 2.24) is 19.9 Å². The van der Waals surface area contributed by atoms with Gasteiger partial charge in [-0.2, -0.15) is 0 Å². The highest BCUT2D eigenvalue weighted by atomic mass is 16.3. The normalized spacial score (nSPS) is 15.2. The summed E-state index contributed by atoms with van der Waals surface area (Å²) in [6, 6.07) is 51.9. The Morgan fingerprint density at radius 3 is 1.76 bits per heavy atom. The topological polar surface area (TPSA) is 97.8 Å². The van der Waals surface area contributed by atoms with E-state index in [1.807, 2.05) is 54.6 Å². The van der Waals surface area contributed by atoms with Gasteiger partial charge in [-0.1, -0.05) is 121 Å². The van der Waals surface area contributed by atoms with Crippen LogP contribution in [0.25, 0.3) is 33.2 Å². The Hall–Kier alpha value is -6.40. The average molecular weight is 651 g/mol. The van der Waals surface area contributed by atoms with Gasteiger partial charge in [0, 0.05) is 33.9 Å². The number of rotatable bonds is 4. The second-order valence-corrected chi connectivity index (χ2v) is 13.0. The minimum atomic E-state index is -0.869. The summed E-state index contributed by atoms with van der Waals surface area (Å²) in [6.45, 7) is 0. The van der Waals surface area contributed by atoms with Crippen LogP contribution < -0.4 is 0 Å². The molecule has 2 aliphatic heterocycles. The number of fused-ring (bicyclic) bond motifs is 8. The van der Waals surface area contributed by atoms with Crippen molar-refractivity contribution in [3.63, 3.8) is 0 Å². The summed E-state index contributed by atoms with van der Waals surface area (Å²) < 4.78 is 0. The third kappa shape index (κ3) is 4.79. The van der Waals surface area contributed by atoms with Crippen molar-refractivity contribution in [3.8, 4) is 22.6 Å². The molecule has 0 saturated heterocycles. The van der Waals surface area contributed by atoms with Gasteiger partial charge in [0.05, 0.1) is 27.8 Å². The summed E-state index contributed by atoms with van der Waals surface area (Å²) in [7, 11) is 0. The Balaban J connectivity index is 1.56. The molecule has 5 heterocycles. The molecule has 0 radical (unpaired) electrons. The number of nitrogens with one attached hydrogen (secondary N) is 2. The smallest absolute Gasteiger partial charge is 0.184 e. The third-order valence-electron chi connectivity index (χ3n) is 10.1. The number of nitrogens with zero attached hydrogens (tertiary/aromatic N) is 2. The number of aryl methyl sites for hydroxylation is 2. The molecule has 0 spiro atoms. The largest absolute Gasteiger partial charge is 0.503 e. The van der Waals surface area contributed by atoms with Crippen LogP contribution >= 0.6 is 0 Å². The number of hydrogen-bond acceptors (Lipinski definition) is 4. The predicted octanol–water partition coefficient (Wildman–Crippen LogP) is 9.34. The zero-order valence-electron chi connectivity index (χ0n) is 27.2. The van der Waals surface area contributed by atoms with Gasteiger partial charge in [-0.25, -0.2) is 0 Å². The van der Waals surface area contributed by atoms with Crippen LogP contribution in [0.5, 0.6) is 11.5 Å². The van der Waals surface area contributed by atoms with Crippen molar-refractivity contribution in [3.05, 3.63) is 191 Å². The summed E-state index contributed by atoms with van der Waals surface area (Å²) in [5, 5.41) is 23.4. The molecule has 0 fully saturated rings. The molecule has 9 rings (SSSR count). The van der Waals surface area contributed by atoms with Crippen LogP contribution in [0, 0.1) is 0 Å². The quantitative estimate of drug-likeness (QED) is 0.153. The molecule has 6 heteroatoms. The zero-order chi connectivity index (χ0) is 33.7. The van der Waals surface area contributed by atoms with E-state index < -0.39 is 5.41 Å². The Morgan fingerprint density at radius 1 is 0.560 bits per heavy atom. The summed E-state index contributed by atoms with van der Waals surface area (Å²) in [5.41, 5.74) is 9.97. The minimum absolute atomic E-state index is 0.217. The van der Waals surface area contributed by atoms with E-state index in [4.69, 9.17) is 9.97 Å². The van der Waals surface area contributed by atoms with Gasteiger partial charge in [-0.05, 0) is 65.4 Å². The minimum Gasteiger partial charge on any atom is -0.503 e. The first-order chi connectivity index (χ1) is 24.6. The van der Waals surface area contributed by atoms with Gasteiger partial charge in [-0.15, -0.1) is 0 Å². The fraction of sp³-hybridized carbons (Fsp3) is 0.0909. The molecular weight excluding hydrogens is 617 g/mol. The molecule has 2 aliphatic rings. The lowest BCUT2D eigenvalue weighted by atomic mass is 9.61. The Bertz CT molecular complexity index is 2470. The van der Waals surface area contributed by atoms with E-state index in [9.17, 15) is 10.2 Å². The third-order valence-corrected chi connectivity index (χ3v) is 10.1. The molecule has 6 nitrogen and oxygen atoms in total. The molecular formula is C44H34N4O2. The molecule has 0 aliphatic carbocycles. The lowest BCUT2D eigenvalue weighted by Gasteiger charge is -2.38. The van der Waals surface area contributed by atoms with Gasteiger partial charge >= 0.3 is 0 Å². The number of aromatic hydroxyl groups is 2. The maximum atomic E-state index is 11.9. The molecule has 50 heavy (non-hydrogen) atoms. The van der Waals surface area contributed by atoms with Crippen LogP contribution in [0.2, 0.25) is 0 Å². The SMILES string of the molecule is Oc1c(O)c2[nH]c1cc1nc(cc3ccc(cc4nc(c2-c2ccccc2)C(c2ccccc2)(c2ccccc2)C4c2ccccc2)[nH]3)CC1. The van der Waals surface area contributed by atoms with E-state index >= 15 is 0 Å². The average Bonchev–Trinajstić information content (AvgIpc) is 3.94. The van der Waals surface area contributed by atoms with Crippen molar-refractivity contribution in [1.29, 1.82) is 0 Å². The number of H-pyrrole nitrogens is 2. The van der Waals surface area contributed by atoms with Crippen LogP contribution in [0.4, 0.5) is 0 Å². The van der Waals surface area contributed by atoms with Gasteiger partial charge in [0.2, 0.25) is 0 Å². The summed E-state index contributed by atoms with van der Waals surface area (Å²) in [5.74, 6) is -0.722. The molecule has 7 aromatic rings. The Labute approximate surface area is 289 Å². The van der Waals surface area contributed by atoms with Crippen molar-refractivity contribution >= 4 is 22.1 Å².